The number of benzene rings is 3. The minimum atomic E-state index is -0.289. The van der Waals surface area contributed by atoms with Crippen LogP contribution >= 0.6 is 11.3 Å². The van der Waals surface area contributed by atoms with Gasteiger partial charge in [0.25, 0.3) is 0 Å². The number of fused-ring (bicyclic) bond motifs is 1. The number of aryl methyl sites for hydroxylation is 1. The van der Waals surface area contributed by atoms with Crippen molar-refractivity contribution in [2.24, 2.45) is 0 Å². The number of carbonyl (C=O) groups is 1. The molecule has 0 amide bonds. The fourth-order valence-electron chi connectivity index (χ4n) is 4.11. The molecule has 0 bridgehead atoms. The molecule has 7 heteroatoms. The zero-order valence-corrected chi connectivity index (χ0v) is 20.2. The number of likely N-dealkylation sites (tertiary alicyclic amines) is 1. The van der Waals surface area contributed by atoms with E-state index in [1.54, 1.807) is 18.2 Å². The van der Waals surface area contributed by atoms with Gasteiger partial charge in [-0.15, -0.1) is 11.3 Å². The van der Waals surface area contributed by atoms with Gasteiger partial charge in [0.1, 0.15) is 28.2 Å². The quantitative estimate of drug-likeness (QED) is 0.276. The zero-order chi connectivity index (χ0) is 24.4. The van der Waals surface area contributed by atoms with Crippen molar-refractivity contribution in [3.8, 4) is 23.0 Å². The average molecular weight is 492 g/mol. The van der Waals surface area contributed by atoms with Gasteiger partial charge in [0.15, 0.2) is 5.75 Å². The first-order chi connectivity index (χ1) is 17.0. The summed E-state index contributed by atoms with van der Waals surface area (Å²) < 4.78 is 25.3. The van der Waals surface area contributed by atoms with Crippen molar-refractivity contribution in [3.63, 3.8) is 0 Å². The van der Waals surface area contributed by atoms with Crippen LogP contribution in [0.5, 0.6) is 23.0 Å². The molecule has 180 valence electrons. The maximum absolute atomic E-state index is 13.4. The fourth-order valence-corrected chi connectivity index (χ4v) is 5.23. The summed E-state index contributed by atoms with van der Waals surface area (Å²) in [5, 5.41) is 10.7. The lowest BCUT2D eigenvalue weighted by Gasteiger charge is -2.38. The summed E-state index contributed by atoms with van der Waals surface area (Å²) in [6.45, 7) is 4.06. The molecular formula is C28H26FNO4S. The van der Waals surface area contributed by atoms with Crippen molar-refractivity contribution in [2.45, 2.75) is 19.4 Å². The zero-order valence-electron chi connectivity index (χ0n) is 19.4. The maximum atomic E-state index is 13.4. The first-order valence-corrected chi connectivity index (χ1v) is 12.4. The fraction of sp³-hybridized carbons (Fsp3) is 0.250. The molecule has 1 fully saturated rings. The monoisotopic (exact) mass is 491 g/mol. The number of phenolic OH excluding ortho intramolecular Hbond substituents is 1. The van der Waals surface area contributed by atoms with Crippen LogP contribution in [0.3, 0.4) is 0 Å². The number of ketones is 1. The minimum Gasteiger partial charge on any atom is -0.508 e. The molecule has 4 aromatic rings. The van der Waals surface area contributed by atoms with E-state index in [9.17, 15) is 14.3 Å². The van der Waals surface area contributed by atoms with E-state index in [0.29, 0.717) is 28.4 Å². The Morgan fingerprint density at radius 3 is 2.49 bits per heavy atom. The molecule has 0 unspecified atom stereocenters. The number of hydrogen-bond acceptors (Lipinski definition) is 6. The Balaban J connectivity index is 1.35. The van der Waals surface area contributed by atoms with Crippen molar-refractivity contribution in [3.05, 3.63) is 82.7 Å². The number of rotatable bonds is 9. The Hall–Kier alpha value is -3.42. The molecule has 1 aromatic heterocycles. The van der Waals surface area contributed by atoms with Crippen LogP contribution in [0.15, 0.2) is 66.7 Å². The van der Waals surface area contributed by atoms with Crippen LogP contribution in [0, 0.1) is 6.92 Å². The van der Waals surface area contributed by atoms with Crippen LogP contribution in [0.25, 0.3) is 10.1 Å². The summed E-state index contributed by atoms with van der Waals surface area (Å²) in [5.41, 5.74) is 1.66. The molecule has 0 radical (unpaired) electrons. The summed E-state index contributed by atoms with van der Waals surface area (Å²) in [4.78, 5) is 16.0. The highest BCUT2D eigenvalue weighted by Gasteiger charge is 2.28. The number of ether oxygens (including phenoxy) is 2. The van der Waals surface area contributed by atoms with E-state index >= 15 is 0 Å². The van der Waals surface area contributed by atoms with Gasteiger partial charge in [0.05, 0.1) is 6.67 Å². The Labute approximate surface area is 207 Å². The van der Waals surface area contributed by atoms with Crippen molar-refractivity contribution < 1.29 is 23.8 Å². The van der Waals surface area contributed by atoms with Crippen LogP contribution in [0.4, 0.5) is 4.39 Å². The molecule has 0 saturated carbocycles. The van der Waals surface area contributed by atoms with Gasteiger partial charge in [0, 0.05) is 35.3 Å². The third-order valence-electron chi connectivity index (χ3n) is 6.03. The molecule has 1 aliphatic heterocycles. The summed E-state index contributed by atoms with van der Waals surface area (Å²) in [6, 6.07) is 19.8. The van der Waals surface area contributed by atoms with E-state index in [4.69, 9.17) is 9.47 Å². The molecule has 1 N–H and O–H groups in total. The number of hydrogen-bond donors (Lipinski definition) is 1. The average Bonchev–Trinajstić information content (AvgIpc) is 3.18. The first kappa shape index (κ1) is 23.3. The van der Waals surface area contributed by atoms with Gasteiger partial charge in [-0.2, -0.15) is 0 Å². The van der Waals surface area contributed by atoms with Gasteiger partial charge in [-0.1, -0.05) is 29.8 Å². The largest absolute Gasteiger partial charge is 0.508 e. The lowest BCUT2D eigenvalue weighted by atomic mass is 10.1. The van der Waals surface area contributed by atoms with E-state index in [1.807, 2.05) is 55.5 Å². The van der Waals surface area contributed by atoms with Crippen molar-refractivity contribution in [1.82, 2.24) is 4.90 Å². The molecule has 35 heavy (non-hydrogen) atoms. The van der Waals surface area contributed by atoms with E-state index < -0.39 is 0 Å². The maximum Gasteiger partial charge on any atom is 0.206 e. The lowest BCUT2D eigenvalue weighted by molar-refractivity contribution is 0.0184. The predicted molar refractivity (Wildman–Crippen MR) is 136 cm³/mol. The molecule has 2 heterocycles. The normalized spacial score (nSPS) is 14.1. The van der Waals surface area contributed by atoms with E-state index in [1.165, 1.54) is 11.3 Å². The number of aromatic hydroxyl groups is 1. The molecule has 0 atom stereocenters. The summed E-state index contributed by atoms with van der Waals surface area (Å²) in [5.74, 6) is 1.82. The van der Waals surface area contributed by atoms with E-state index in [0.717, 1.165) is 41.0 Å². The number of halogens is 1. The highest BCUT2D eigenvalue weighted by Crippen LogP contribution is 2.42. The minimum absolute atomic E-state index is 0.105. The molecule has 5 rings (SSSR count). The predicted octanol–water partition coefficient (Wildman–Crippen LogP) is 6.36. The first-order valence-electron chi connectivity index (χ1n) is 11.6. The smallest absolute Gasteiger partial charge is 0.206 e. The van der Waals surface area contributed by atoms with Gasteiger partial charge < -0.3 is 14.6 Å². The Bertz CT molecular complexity index is 1330. The second kappa shape index (κ2) is 10.1. The summed E-state index contributed by atoms with van der Waals surface area (Å²) >= 11 is 1.30. The lowest BCUT2D eigenvalue weighted by Crippen LogP contribution is -2.53. The number of nitrogens with zero attached hydrogens (tertiary/aromatic N) is 1. The number of carbonyl (C=O) groups excluding carboxylic acids is 1. The van der Waals surface area contributed by atoms with Gasteiger partial charge in [-0.3, -0.25) is 14.1 Å². The topological polar surface area (TPSA) is 59.0 Å². The van der Waals surface area contributed by atoms with Gasteiger partial charge in [-0.05, 0) is 55.8 Å². The second-order valence-electron chi connectivity index (χ2n) is 8.75. The number of phenols is 1. The Morgan fingerprint density at radius 2 is 1.77 bits per heavy atom. The van der Waals surface area contributed by atoms with Crippen LogP contribution in [0.1, 0.15) is 27.2 Å². The molecule has 1 saturated heterocycles. The van der Waals surface area contributed by atoms with Crippen LogP contribution in [-0.2, 0) is 0 Å². The highest BCUT2D eigenvalue weighted by molar-refractivity contribution is 7.21. The SMILES string of the molecule is Cc1ccc(C(=O)c2sc3cc(O)ccc3c2Oc2ccc(OC3CN(CCCF)C3)cc2)cc1. The van der Waals surface area contributed by atoms with Crippen molar-refractivity contribution in [2.75, 3.05) is 26.3 Å². The Kier molecular flexibility index (Phi) is 6.70. The van der Waals surface area contributed by atoms with Gasteiger partial charge in [-0.25, -0.2) is 0 Å². The second-order valence-corrected chi connectivity index (χ2v) is 9.80. The van der Waals surface area contributed by atoms with Crippen LogP contribution in [0.2, 0.25) is 0 Å². The molecule has 3 aromatic carbocycles. The molecular weight excluding hydrogens is 465 g/mol. The molecule has 1 aliphatic rings. The molecule has 0 spiro atoms. The van der Waals surface area contributed by atoms with Gasteiger partial charge in [0.2, 0.25) is 5.78 Å². The summed E-state index contributed by atoms with van der Waals surface area (Å²) in [7, 11) is 0. The molecule has 0 aliphatic carbocycles. The number of thiophene rings is 1. The standard InChI is InChI=1S/C28H26FNO4S/c1-18-3-5-19(6-4-18)26(32)28-27(24-12-7-20(31)15-25(24)35-28)34-22-10-8-21(9-11-22)33-23-16-30(17-23)14-2-13-29/h3-12,15,23,31H,2,13-14,16-17H2,1H3. The van der Waals surface area contributed by atoms with Crippen molar-refractivity contribution in [1.29, 1.82) is 0 Å². The third-order valence-corrected chi connectivity index (χ3v) is 7.16. The molecule has 5 nitrogen and oxygen atoms in total. The van der Waals surface area contributed by atoms with E-state index in [2.05, 4.69) is 4.90 Å². The number of alkyl halides is 1. The van der Waals surface area contributed by atoms with Crippen LogP contribution in [-0.4, -0.2) is 48.2 Å². The third kappa shape index (κ3) is 5.16. The van der Waals surface area contributed by atoms with Crippen LogP contribution < -0.4 is 9.47 Å². The van der Waals surface area contributed by atoms with Gasteiger partial charge >= 0.3 is 0 Å². The Morgan fingerprint density at radius 1 is 1.06 bits per heavy atom. The van der Waals surface area contributed by atoms with Crippen molar-refractivity contribution >= 4 is 27.2 Å². The summed E-state index contributed by atoms with van der Waals surface area (Å²) in [6.07, 6.45) is 0.665. The van der Waals surface area contributed by atoms with E-state index in [-0.39, 0.29) is 24.3 Å². The highest BCUT2D eigenvalue weighted by atomic mass is 32.1.